The molecule has 0 unspecified atom stereocenters. The van der Waals surface area contributed by atoms with E-state index in [1.54, 1.807) is 35.7 Å². The van der Waals surface area contributed by atoms with Crippen molar-refractivity contribution in [3.05, 3.63) is 64.2 Å². The van der Waals surface area contributed by atoms with E-state index in [4.69, 9.17) is 5.11 Å². The van der Waals surface area contributed by atoms with Crippen LogP contribution in [0.1, 0.15) is 81.5 Å². The zero-order chi connectivity index (χ0) is 22.9. The molecule has 0 heterocycles. The monoisotopic (exact) mass is 472 g/mol. The average Bonchev–Trinajstić information content (AvgIpc) is 2.80. The first kappa shape index (κ1) is 24.8. The molecular weight excluding hydrogens is 436 g/mol. The standard InChI is InChI=1S/C26H36N2O2S2/c1-4-25(32-24-17-15-21(16-18-24)26(29)30)31-20(3)27-19(2)28(22-11-7-5-8-12-22)23-13-9-6-10-14-23/h4,15-18,22-23,27H,2-3,5-14H2,1H3,(H,29,30)/b25-4+. The molecule has 4 nitrogen and oxygen atoms in total. The van der Waals surface area contributed by atoms with Gasteiger partial charge in [-0.2, -0.15) is 0 Å². The van der Waals surface area contributed by atoms with Gasteiger partial charge < -0.3 is 15.3 Å². The number of hydrogen-bond donors (Lipinski definition) is 2. The summed E-state index contributed by atoms with van der Waals surface area (Å²) in [6.07, 6.45) is 15.1. The summed E-state index contributed by atoms with van der Waals surface area (Å²) in [7, 11) is 0. The van der Waals surface area contributed by atoms with Crippen molar-refractivity contribution >= 4 is 29.5 Å². The summed E-state index contributed by atoms with van der Waals surface area (Å²) in [4.78, 5) is 14.7. The van der Waals surface area contributed by atoms with Gasteiger partial charge in [0, 0.05) is 21.2 Å². The Morgan fingerprint density at radius 2 is 1.53 bits per heavy atom. The maximum atomic E-state index is 11.1. The van der Waals surface area contributed by atoms with E-state index in [9.17, 15) is 4.79 Å². The Morgan fingerprint density at radius 1 is 1.00 bits per heavy atom. The molecule has 1 aromatic carbocycles. The molecule has 1 aromatic rings. The van der Waals surface area contributed by atoms with Gasteiger partial charge >= 0.3 is 5.97 Å². The van der Waals surface area contributed by atoms with Crippen molar-refractivity contribution in [2.24, 2.45) is 0 Å². The van der Waals surface area contributed by atoms with Crippen LogP contribution >= 0.6 is 23.5 Å². The topological polar surface area (TPSA) is 52.6 Å². The highest BCUT2D eigenvalue weighted by Gasteiger charge is 2.30. The van der Waals surface area contributed by atoms with Crippen molar-refractivity contribution in [3.63, 3.8) is 0 Å². The lowest BCUT2D eigenvalue weighted by molar-refractivity contribution is 0.0697. The number of carboxylic acids is 1. The Labute approximate surface area is 201 Å². The van der Waals surface area contributed by atoms with Crippen LogP contribution < -0.4 is 5.32 Å². The van der Waals surface area contributed by atoms with Crippen molar-refractivity contribution in [3.8, 4) is 0 Å². The summed E-state index contributed by atoms with van der Waals surface area (Å²) in [5.74, 6) is 0.0892. The number of benzene rings is 1. The summed E-state index contributed by atoms with van der Waals surface area (Å²) in [6, 6.07) is 8.16. The lowest BCUT2D eigenvalue weighted by Gasteiger charge is -2.44. The SMILES string of the molecule is C=C(NC(=C)N(C1CCCCC1)C1CCCCC1)S/C(=C\C)Sc1ccc(C(=O)O)cc1. The van der Waals surface area contributed by atoms with Gasteiger partial charge in [0.15, 0.2) is 0 Å². The minimum Gasteiger partial charge on any atom is -0.478 e. The molecule has 174 valence electrons. The molecule has 0 aromatic heterocycles. The summed E-state index contributed by atoms with van der Waals surface area (Å²) >= 11 is 3.22. The lowest BCUT2D eigenvalue weighted by Crippen LogP contribution is -2.47. The summed E-state index contributed by atoms with van der Waals surface area (Å²) in [5, 5.41) is 13.5. The highest BCUT2D eigenvalue weighted by molar-refractivity contribution is 8.23. The van der Waals surface area contributed by atoms with Gasteiger partial charge in [0.1, 0.15) is 0 Å². The molecule has 0 bridgehead atoms. The fourth-order valence-electron chi connectivity index (χ4n) is 4.75. The van der Waals surface area contributed by atoms with Crippen LogP contribution in [0.25, 0.3) is 0 Å². The van der Waals surface area contributed by atoms with Gasteiger partial charge in [0.2, 0.25) is 0 Å². The first-order valence-electron chi connectivity index (χ1n) is 11.8. The van der Waals surface area contributed by atoms with Crippen molar-refractivity contribution in [1.82, 2.24) is 10.2 Å². The molecule has 0 saturated heterocycles. The number of hydrogen-bond acceptors (Lipinski definition) is 5. The smallest absolute Gasteiger partial charge is 0.335 e. The predicted molar refractivity (Wildman–Crippen MR) is 138 cm³/mol. The molecule has 2 saturated carbocycles. The van der Waals surface area contributed by atoms with Crippen molar-refractivity contribution < 1.29 is 9.90 Å². The van der Waals surface area contributed by atoms with E-state index in [0.717, 1.165) is 20.0 Å². The normalized spacial score (nSPS) is 18.2. The Hall–Kier alpha value is -1.79. The Kier molecular flexibility index (Phi) is 9.67. The molecular formula is C26H36N2O2S2. The molecule has 2 aliphatic carbocycles. The fraction of sp³-hybridized carbons (Fsp3) is 0.500. The van der Waals surface area contributed by atoms with Crippen molar-refractivity contribution in [2.45, 2.75) is 88.1 Å². The van der Waals surface area contributed by atoms with E-state index >= 15 is 0 Å². The van der Waals surface area contributed by atoms with Crippen LogP contribution in [-0.4, -0.2) is 28.1 Å². The molecule has 32 heavy (non-hydrogen) atoms. The Morgan fingerprint density at radius 3 is 2.00 bits per heavy atom. The summed E-state index contributed by atoms with van der Waals surface area (Å²) < 4.78 is 1.10. The predicted octanol–water partition coefficient (Wildman–Crippen LogP) is 7.57. The van der Waals surface area contributed by atoms with Crippen LogP contribution in [0.15, 0.2) is 63.5 Å². The van der Waals surface area contributed by atoms with E-state index in [1.807, 2.05) is 19.1 Å². The Balaban J connectivity index is 1.60. The minimum absolute atomic E-state index is 0.303. The van der Waals surface area contributed by atoms with E-state index in [0.29, 0.717) is 17.6 Å². The van der Waals surface area contributed by atoms with Crippen LogP contribution in [0.4, 0.5) is 0 Å². The third kappa shape index (κ3) is 7.11. The first-order valence-corrected chi connectivity index (χ1v) is 13.4. The second kappa shape index (κ2) is 12.4. The molecule has 2 N–H and O–H groups in total. The zero-order valence-electron chi connectivity index (χ0n) is 19.1. The van der Waals surface area contributed by atoms with Gasteiger partial charge in [0.05, 0.1) is 16.4 Å². The van der Waals surface area contributed by atoms with Gasteiger partial charge in [-0.3, -0.25) is 0 Å². The average molecular weight is 473 g/mol. The van der Waals surface area contributed by atoms with Gasteiger partial charge in [-0.25, -0.2) is 4.79 Å². The minimum atomic E-state index is -0.904. The molecule has 2 fully saturated rings. The number of aromatic carboxylic acids is 1. The molecule has 0 aliphatic heterocycles. The summed E-state index contributed by atoms with van der Waals surface area (Å²) in [5.41, 5.74) is 0.303. The van der Waals surface area contributed by atoms with Crippen molar-refractivity contribution in [2.75, 3.05) is 0 Å². The van der Waals surface area contributed by atoms with Gasteiger partial charge in [-0.15, -0.1) is 0 Å². The molecule has 6 heteroatoms. The molecule has 3 rings (SSSR count). The first-order chi connectivity index (χ1) is 15.5. The number of carbonyl (C=O) groups is 1. The van der Waals surface area contributed by atoms with Crippen molar-refractivity contribution in [1.29, 1.82) is 0 Å². The van der Waals surface area contributed by atoms with Gasteiger partial charge in [0.25, 0.3) is 0 Å². The highest BCUT2D eigenvalue weighted by atomic mass is 32.2. The van der Waals surface area contributed by atoms with Crippen LogP contribution in [0, 0.1) is 0 Å². The molecule has 0 spiro atoms. The number of carboxylic acid groups (broad SMARTS) is 1. The number of nitrogens with zero attached hydrogens (tertiary/aromatic N) is 1. The Bertz CT molecular complexity index is 805. The maximum absolute atomic E-state index is 11.1. The van der Waals surface area contributed by atoms with Gasteiger partial charge in [-0.1, -0.05) is 81.3 Å². The maximum Gasteiger partial charge on any atom is 0.335 e. The van der Waals surface area contributed by atoms with E-state index in [2.05, 4.69) is 29.5 Å². The molecule has 0 amide bonds. The fourth-order valence-corrected chi connectivity index (χ4v) is 6.66. The van der Waals surface area contributed by atoms with E-state index < -0.39 is 5.97 Å². The molecule has 2 aliphatic rings. The van der Waals surface area contributed by atoms with Crippen LogP contribution in [0.5, 0.6) is 0 Å². The highest BCUT2D eigenvalue weighted by Crippen LogP contribution is 2.38. The summed E-state index contributed by atoms with van der Waals surface area (Å²) in [6.45, 7) is 10.7. The second-order valence-corrected chi connectivity index (χ2v) is 11.1. The number of thioether (sulfide) groups is 2. The second-order valence-electron chi connectivity index (χ2n) is 8.63. The van der Waals surface area contributed by atoms with Crippen LogP contribution in [-0.2, 0) is 0 Å². The van der Waals surface area contributed by atoms with Crippen LogP contribution in [0.3, 0.4) is 0 Å². The van der Waals surface area contributed by atoms with E-state index in [1.165, 1.54) is 64.2 Å². The molecule has 0 radical (unpaired) electrons. The molecule has 0 atom stereocenters. The lowest BCUT2D eigenvalue weighted by atomic mass is 9.88. The largest absolute Gasteiger partial charge is 0.478 e. The van der Waals surface area contributed by atoms with Crippen LogP contribution in [0.2, 0.25) is 0 Å². The quantitative estimate of drug-likeness (QED) is 0.342. The third-order valence-electron chi connectivity index (χ3n) is 6.31. The van der Waals surface area contributed by atoms with E-state index in [-0.39, 0.29) is 0 Å². The zero-order valence-corrected chi connectivity index (χ0v) is 20.8. The number of allylic oxidation sites excluding steroid dienone is 1. The third-order valence-corrected chi connectivity index (χ3v) is 8.54. The van der Waals surface area contributed by atoms with Gasteiger partial charge in [-0.05, 0) is 56.9 Å². The number of nitrogens with one attached hydrogen (secondary N) is 1. The number of rotatable bonds is 10.